The Kier molecular flexibility index (Phi) is 5.56. The summed E-state index contributed by atoms with van der Waals surface area (Å²) in [5, 5.41) is 2.78. The van der Waals surface area contributed by atoms with Gasteiger partial charge in [-0.3, -0.25) is 14.5 Å². The molecule has 0 fully saturated rings. The lowest BCUT2D eigenvalue weighted by Crippen LogP contribution is -2.52. The van der Waals surface area contributed by atoms with Crippen LogP contribution in [0.5, 0.6) is 0 Å². The number of nitrogens with one attached hydrogen (secondary N) is 1. The molecule has 3 rings (SSSR count). The average molecular weight is 401 g/mol. The van der Waals surface area contributed by atoms with Gasteiger partial charge in [0, 0.05) is 6.26 Å². The Balaban J connectivity index is 2.04. The molecule has 0 unspecified atom stereocenters. The van der Waals surface area contributed by atoms with Gasteiger partial charge in [-0.1, -0.05) is 44.2 Å². The van der Waals surface area contributed by atoms with E-state index < -0.39 is 15.9 Å². The van der Waals surface area contributed by atoms with Gasteiger partial charge in [0.25, 0.3) is 0 Å². The molecule has 0 saturated heterocycles. The Morgan fingerprint density at radius 3 is 2.43 bits per heavy atom. The number of hydrogen-bond acceptors (Lipinski definition) is 4. The number of carbonyl (C=O) groups is 2. The third kappa shape index (κ3) is 4.25. The number of rotatable bonds is 5. The Bertz CT molecular complexity index is 1000. The van der Waals surface area contributed by atoms with Gasteiger partial charge in [0.15, 0.2) is 9.84 Å². The first kappa shape index (κ1) is 20.1. The molecule has 6 nitrogen and oxygen atoms in total. The number of benzene rings is 2. The molecule has 148 valence electrons. The zero-order chi connectivity index (χ0) is 20.5. The van der Waals surface area contributed by atoms with E-state index in [0.29, 0.717) is 17.8 Å². The molecule has 2 amide bonds. The summed E-state index contributed by atoms with van der Waals surface area (Å²) in [7, 11) is -3.43. The fourth-order valence-corrected chi connectivity index (χ4v) is 4.03. The van der Waals surface area contributed by atoms with Crippen LogP contribution in [-0.4, -0.2) is 32.5 Å². The predicted octanol–water partition coefficient (Wildman–Crippen LogP) is 3.03. The third-order valence-corrected chi connectivity index (χ3v) is 5.80. The van der Waals surface area contributed by atoms with E-state index in [9.17, 15) is 18.0 Å². The van der Waals surface area contributed by atoms with Gasteiger partial charge < -0.3 is 5.32 Å². The van der Waals surface area contributed by atoms with E-state index in [0.717, 1.165) is 11.8 Å². The second kappa shape index (κ2) is 7.75. The first-order valence-corrected chi connectivity index (χ1v) is 11.1. The number of anilines is 2. The van der Waals surface area contributed by atoms with Crippen molar-refractivity contribution < 1.29 is 18.0 Å². The van der Waals surface area contributed by atoms with Crippen molar-refractivity contribution in [2.24, 2.45) is 5.92 Å². The molecule has 1 heterocycles. The van der Waals surface area contributed by atoms with Crippen molar-refractivity contribution in [1.29, 1.82) is 0 Å². The molecule has 0 bridgehead atoms. The maximum atomic E-state index is 13.2. The highest BCUT2D eigenvalue weighted by molar-refractivity contribution is 7.90. The summed E-state index contributed by atoms with van der Waals surface area (Å²) < 4.78 is 23.7. The average Bonchev–Trinajstić information content (AvgIpc) is 2.61. The molecule has 0 radical (unpaired) electrons. The molecule has 1 N–H and O–H groups in total. The normalized spacial score (nSPS) is 16.6. The summed E-state index contributed by atoms with van der Waals surface area (Å²) in [5.74, 6) is -0.284. The van der Waals surface area contributed by atoms with Gasteiger partial charge in [-0.25, -0.2) is 8.42 Å². The standard InChI is InChI=1S/C21H24N2O4S/c1-14(2)11-19-21(25)22-17-13-16(28(3,26)27)9-10-18(17)23(19)20(24)12-15-7-5-4-6-8-15/h4-10,13-14,19H,11-12H2,1-3H3,(H,22,25)/t19-/m0/s1. The zero-order valence-corrected chi connectivity index (χ0v) is 17.0. The second-order valence-corrected chi connectivity index (χ2v) is 9.53. The van der Waals surface area contributed by atoms with Crippen LogP contribution in [0.25, 0.3) is 0 Å². The summed E-state index contributed by atoms with van der Waals surface area (Å²) >= 11 is 0. The fourth-order valence-electron chi connectivity index (χ4n) is 3.38. The SMILES string of the molecule is CC(C)C[C@H]1C(=O)Nc2cc(S(C)(=O)=O)ccc2N1C(=O)Cc1ccccc1. The summed E-state index contributed by atoms with van der Waals surface area (Å²) in [5.41, 5.74) is 1.73. The first-order valence-electron chi connectivity index (χ1n) is 9.18. The predicted molar refractivity (Wildman–Crippen MR) is 109 cm³/mol. The molecule has 0 aliphatic carbocycles. The van der Waals surface area contributed by atoms with Crippen LogP contribution in [0.4, 0.5) is 11.4 Å². The van der Waals surface area contributed by atoms with E-state index in [1.807, 2.05) is 44.2 Å². The van der Waals surface area contributed by atoms with Gasteiger partial charge in [0.05, 0.1) is 22.7 Å². The van der Waals surface area contributed by atoms with E-state index in [1.165, 1.54) is 17.0 Å². The van der Waals surface area contributed by atoms with Gasteiger partial charge in [-0.05, 0) is 36.1 Å². The van der Waals surface area contributed by atoms with Gasteiger partial charge in [-0.2, -0.15) is 0 Å². The number of sulfone groups is 1. The smallest absolute Gasteiger partial charge is 0.247 e. The summed E-state index contributed by atoms with van der Waals surface area (Å²) in [6, 6.07) is 13.2. The number of hydrogen-bond donors (Lipinski definition) is 1. The monoisotopic (exact) mass is 400 g/mol. The third-order valence-electron chi connectivity index (χ3n) is 4.69. The molecule has 0 spiro atoms. The lowest BCUT2D eigenvalue weighted by molar-refractivity contribution is -0.124. The summed E-state index contributed by atoms with van der Waals surface area (Å²) in [6.07, 6.45) is 1.79. The molecule has 2 aromatic carbocycles. The fraction of sp³-hybridized carbons (Fsp3) is 0.333. The van der Waals surface area contributed by atoms with Crippen LogP contribution < -0.4 is 10.2 Å². The molecule has 0 saturated carbocycles. The van der Waals surface area contributed by atoms with Crippen molar-refractivity contribution in [3.63, 3.8) is 0 Å². The van der Waals surface area contributed by atoms with Crippen LogP contribution in [-0.2, 0) is 25.8 Å². The summed E-state index contributed by atoms with van der Waals surface area (Å²) in [4.78, 5) is 27.6. The topological polar surface area (TPSA) is 83.6 Å². The summed E-state index contributed by atoms with van der Waals surface area (Å²) in [6.45, 7) is 3.99. The van der Waals surface area contributed by atoms with Crippen molar-refractivity contribution in [2.75, 3.05) is 16.5 Å². The minimum Gasteiger partial charge on any atom is -0.322 e. The molecule has 1 aliphatic rings. The Labute approximate surface area is 165 Å². The molecular weight excluding hydrogens is 376 g/mol. The number of fused-ring (bicyclic) bond motifs is 1. The van der Waals surface area contributed by atoms with Crippen LogP contribution in [0.3, 0.4) is 0 Å². The minimum atomic E-state index is -3.43. The quantitative estimate of drug-likeness (QED) is 0.836. The van der Waals surface area contributed by atoms with Gasteiger partial charge >= 0.3 is 0 Å². The van der Waals surface area contributed by atoms with E-state index in [4.69, 9.17) is 0 Å². The highest BCUT2D eigenvalue weighted by atomic mass is 32.2. The van der Waals surface area contributed by atoms with Crippen LogP contribution in [0, 0.1) is 5.92 Å². The van der Waals surface area contributed by atoms with Gasteiger partial charge in [0.1, 0.15) is 6.04 Å². The Morgan fingerprint density at radius 1 is 1.14 bits per heavy atom. The van der Waals surface area contributed by atoms with E-state index >= 15 is 0 Å². The minimum absolute atomic E-state index is 0.101. The maximum Gasteiger partial charge on any atom is 0.247 e. The first-order chi connectivity index (χ1) is 13.2. The van der Waals surface area contributed by atoms with Crippen LogP contribution in [0.15, 0.2) is 53.4 Å². The Hall–Kier alpha value is -2.67. The molecule has 0 aromatic heterocycles. The Morgan fingerprint density at radius 2 is 1.82 bits per heavy atom. The lowest BCUT2D eigenvalue weighted by atomic mass is 9.97. The van der Waals surface area contributed by atoms with Crippen molar-refractivity contribution in [3.8, 4) is 0 Å². The van der Waals surface area contributed by atoms with Crippen molar-refractivity contribution in [2.45, 2.75) is 37.6 Å². The van der Waals surface area contributed by atoms with Crippen molar-refractivity contribution >= 4 is 33.0 Å². The highest BCUT2D eigenvalue weighted by Gasteiger charge is 2.37. The number of amides is 2. The largest absolute Gasteiger partial charge is 0.322 e. The molecule has 1 atom stereocenters. The van der Waals surface area contributed by atoms with Crippen LogP contribution >= 0.6 is 0 Å². The maximum absolute atomic E-state index is 13.2. The van der Waals surface area contributed by atoms with Crippen molar-refractivity contribution in [3.05, 3.63) is 54.1 Å². The van der Waals surface area contributed by atoms with Gasteiger partial charge in [-0.15, -0.1) is 0 Å². The zero-order valence-electron chi connectivity index (χ0n) is 16.2. The molecule has 7 heteroatoms. The van der Waals surface area contributed by atoms with Crippen LogP contribution in [0.2, 0.25) is 0 Å². The van der Waals surface area contributed by atoms with Crippen molar-refractivity contribution in [1.82, 2.24) is 0 Å². The molecule has 2 aromatic rings. The van der Waals surface area contributed by atoms with E-state index in [-0.39, 0.29) is 29.0 Å². The highest BCUT2D eigenvalue weighted by Crippen LogP contribution is 2.36. The van der Waals surface area contributed by atoms with E-state index in [2.05, 4.69) is 5.32 Å². The molecular formula is C21H24N2O4S. The number of nitrogens with zero attached hydrogens (tertiary/aromatic N) is 1. The lowest BCUT2D eigenvalue weighted by Gasteiger charge is -2.37. The molecule has 1 aliphatic heterocycles. The van der Waals surface area contributed by atoms with Crippen LogP contribution in [0.1, 0.15) is 25.8 Å². The number of carbonyl (C=O) groups excluding carboxylic acids is 2. The second-order valence-electron chi connectivity index (χ2n) is 7.51. The van der Waals surface area contributed by atoms with E-state index in [1.54, 1.807) is 6.07 Å². The molecule has 28 heavy (non-hydrogen) atoms. The van der Waals surface area contributed by atoms with Gasteiger partial charge in [0.2, 0.25) is 11.8 Å².